The standard InChI is InChI=1S/C24H32O5Si/c1-5-6-17-28-22(26)18-21(25)23(27)29-30(24(2,3)4,19-13-9-7-10-14-19)20-15-11-8-12-16-20/h7-16,21,25H,5-6,17-18H2,1-4H3. The molecule has 1 N–H and O–H groups in total. The van der Waals surface area contributed by atoms with E-state index < -0.39 is 37.8 Å². The second kappa shape index (κ2) is 10.5. The third-order valence-corrected chi connectivity index (χ3v) is 9.98. The van der Waals surface area contributed by atoms with Gasteiger partial charge >= 0.3 is 20.3 Å². The van der Waals surface area contributed by atoms with Crippen LogP contribution < -0.4 is 10.4 Å². The van der Waals surface area contributed by atoms with Gasteiger partial charge < -0.3 is 14.3 Å². The van der Waals surface area contributed by atoms with Crippen molar-refractivity contribution in [1.82, 2.24) is 0 Å². The van der Waals surface area contributed by atoms with Crippen LogP contribution >= 0.6 is 0 Å². The molecule has 0 heterocycles. The minimum absolute atomic E-state index is 0.284. The van der Waals surface area contributed by atoms with E-state index in [9.17, 15) is 14.7 Å². The quantitative estimate of drug-likeness (QED) is 0.377. The molecule has 0 fully saturated rings. The molecule has 2 aromatic carbocycles. The van der Waals surface area contributed by atoms with Crippen LogP contribution in [0.15, 0.2) is 60.7 Å². The van der Waals surface area contributed by atoms with E-state index in [-0.39, 0.29) is 6.61 Å². The Morgan fingerprint density at radius 2 is 1.47 bits per heavy atom. The van der Waals surface area contributed by atoms with E-state index in [1.165, 1.54) is 0 Å². The average Bonchev–Trinajstić information content (AvgIpc) is 2.72. The van der Waals surface area contributed by atoms with Crippen LogP contribution in [-0.4, -0.2) is 38.1 Å². The van der Waals surface area contributed by atoms with Crippen molar-refractivity contribution in [2.75, 3.05) is 6.61 Å². The van der Waals surface area contributed by atoms with Crippen molar-refractivity contribution in [3.8, 4) is 0 Å². The van der Waals surface area contributed by atoms with E-state index in [0.717, 1.165) is 23.2 Å². The van der Waals surface area contributed by atoms with Crippen molar-refractivity contribution in [3.05, 3.63) is 60.7 Å². The van der Waals surface area contributed by atoms with Crippen molar-refractivity contribution in [1.29, 1.82) is 0 Å². The van der Waals surface area contributed by atoms with Gasteiger partial charge in [-0.05, 0) is 21.8 Å². The molecule has 162 valence electrons. The first kappa shape index (κ1) is 23.8. The van der Waals surface area contributed by atoms with Gasteiger partial charge in [0.1, 0.15) is 0 Å². The fourth-order valence-electron chi connectivity index (χ4n) is 3.50. The zero-order valence-corrected chi connectivity index (χ0v) is 19.3. The lowest BCUT2D eigenvalue weighted by Gasteiger charge is -2.42. The summed E-state index contributed by atoms with van der Waals surface area (Å²) in [5.74, 6) is -1.40. The monoisotopic (exact) mass is 428 g/mol. The van der Waals surface area contributed by atoms with Crippen LogP contribution in [-0.2, 0) is 18.8 Å². The SMILES string of the molecule is CCCCOC(=O)CC(O)C(=O)O[Si](c1ccccc1)(c1ccccc1)C(C)(C)C. The zero-order valence-electron chi connectivity index (χ0n) is 18.3. The van der Waals surface area contributed by atoms with E-state index in [0.29, 0.717) is 0 Å². The molecule has 0 aliphatic carbocycles. The largest absolute Gasteiger partial charge is 0.508 e. The lowest BCUT2D eigenvalue weighted by atomic mass is 10.2. The van der Waals surface area contributed by atoms with Crippen LogP contribution in [0.1, 0.15) is 47.0 Å². The third kappa shape index (κ3) is 5.58. The van der Waals surface area contributed by atoms with Crippen molar-refractivity contribution in [2.45, 2.75) is 58.1 Å². The topological polar surface area (TPSA) is 72.8 Å². The molecule has 0 aliphatic rings. The van der Waals surface area contributed by atoms with Crippen LogP contribution in [0.2, 0.25) is 5.04 Å². The number of hydrogen-bond acceptors (Lipinski definition) is 5. The van der Waals surface area contributed by atoms with Crippen molar-refractivity contribution in [3.63, 3.8) is 0 Å². The summed E-state index contributed by atoms with van der Waals surface area (Å²) in [5, 5.41) is 11.9. The predicted octanol–water partition coefficient (Wildman–Crippen LogP) is 3.18. The van der Waals surface area contributed by atoms with Crippen molar-refractivity contribution >= 4 is 30.6 Å². The summed E-state index contributed by atoms with van der Waals surface area (Å²) in [6.07, 6.45) is -0.346. The first-order chi connectivity index (χ1) is 14.2. The van der Waals surface area contributed by atoms with Gasteiger partial charge in [-0.2, -0.15) is 0 Å². The highest BCUT2D eigenvalue weighted by molar-refractivity contribution is 7.00. The molecule has 0 amide bonds. The third-order valence-electron chi connectivity index (χ3n) is 5.06. The van der Waals surface area contributed by atoms with Gasteiger partial charge in [-0.25, -0.2) is 0 Å². The number of aliphatic hydroxyl groups excluding tert-OH is 1. The number of aliphatic hydroxyl groups is 1. The van der Waals surface area contributed by atoms with E-state index in [1.807, 2.05) is 88.4 Å². The Labute approximate surface area is 180 Å². The van der Waals surface area contributed by atoms with E-state index >= 15 is 0 Å². The fraction of sp³-hybridized carbons (Fsp3) is 0.417. The molecule has 1 unspecified atom stereocenters. The number of hydrogen-bond donors (Lipinski definition) is 1. The van der Waals surface area contributed by atoms with Gasteiger partial charge in [-0.15, -0.1) is 0 Å². The second-order valence-electron chi connectivity index (χ2n) is 8.38. The van der Waals surface area contributed by atoms with Crippen LogP contribution in [0.5, 0.6) is 0 Å². The van der Waals surface area contributed by atoms with Crippen molar-refractivity contribution < 1.29 is 23.9 Å². The molecule has 2 rings (SSSR count). The molecule has 5 nitrogen and oxygen atoms in total. The Balaban J connectivity index is 2.36. The zero-order chi connectivity index (χ0) is 22.2. The number of esters is 1. The summed E-state index contributed by atoms with van der Waals surface area (Å²) in [6.45, 7) is 8.39. The Morgan fingerprint density at radius 3 is 1.90 bits per heavy atom. The van der Waals surface area contributed by atoms with Gasteiger partial charge in [0.2, 0.25) is 0 Å². The lowest BCUT2D eigenvalue weighted by molar-refractivity contribution is -0.154. The van der Waals surface area contributed by atoms with Gasteiger partial charge in [0, 0.05) is 0 Å². The molecule has 1 atom stereocenters. The minimum atomic E-state index is -3.12. The summed E-state index contributed by atoms with van der Waals surface area (Å²) in [7, 11) is -3.12. The van der Waals surface area contributed by atoms with Crippen LogP contribution in [0.4, 0.5) is 0 Å². The highest BCUT2D eigenvalue weighted by Gasteiger charge is 2.53. The van der Waals surface area contributed by atoms with Crippen LogP contribution in [0, 0.1) is 0 Å². The molecule has 0 aromatic heterocycles. The molecular weight excluding hydrogens is 396 g/mol. The van der Waals surface area contributed by atoms with Gasteiger partial charge in [0.25, 0.3) is 0 Å². The Kier molecular flexibility index (Phi) is 8.38. The number of rotatable bonds is 9. The maximum absolute atomic E-state index is 13.0. The Bertz CT molecular complexity index is 775. The molecule has 0 spiro atoms. The number of unbranched alkanes of at least 4 members (excludes halogenated alkanes) is 1. The Morgan fingerprint density at radius 1 is 0.967 bits per heavy atom. The van der Waals surface area contributed by atoms with E-state index in [2.05, 4.69) is 0 Å². The molecule has 30 heavy (non-hydrogen) atoms. The molecule has 2 aromatic rings. The van der Waals surface area contributed by atoms with Gasteiger partial charge in [0.05, 0.1) is 13.0 Å². The van der Waals surface area contributed by atoms with Gasteiger partial charge in [-0.1, -0.05) is 94.8 Å². The first-order valence-corrected chi connectivity index (χ1v) is 12.3. The van der Waals surface area contributed by atoms with Crippen LogP contribution in [0.25, 0.3) is 0 Å². The molecule has 0 bridgehead atoms. The summed E-state index contributed by atoms with van der Waals surface area (Å²) in [4.78, 5) is 24.9. The first-order valence-electron chi connectivity index (χ1n) is 10.4. The Hall–Kier alpha value is -2.44. The number of benzene rings is 2. The minimum Gasteiger partial charge on any atom is -0.508 e. The summed E-state index contributed by atoms with van der Waals surface area (Å²) >= 11 is 0. The molecule has 0 aliphatic heterocycles. The number of carbonyl (C=O) groups is 2. The van der Waals surface area contributed by atoms with Gasteiger partial charge in [0.15, 0.2) is 6.10 Å². The van der Waals surface area contributed by atoms with Gasteiger partial charge in [-0.3, -0.25) is 9.59 Å². The maximum atomic E-state index is 13.0. The molecule has 0 saturated heterocycles. The second-order valence-corrected chi connectivity index (χ2v) is 12.6. The lowest BCUT2D eigenvalue weighted by Crippen LogP contribution is -2.68. The summed E-state index contributed by atoms with van der Waals surface area (Å²) in [6, 6.07) is 19.3. The molecular formula is C24H32O5Si. The molecule has 0 radical (unpaired) electrons. The summed E-state index contributed by atoms with van der Waals surface area (Å²) < 4.78 is 11.3. The molecule has 0 saturated carbocycles. The highest BCUT2D eigenvalue weighted by Crippen LogP contribution is 2.37. The molecule has 6 heteroatoms. The maximum Gasteiger partial charge on any atom is 0.323 e. The number of ether oxygens (including phenoxy) is 1. The van der Waals surface area contributed by atoms with E-state index in [1.54, 1.807) is 0 Å². The van der Waals surface area contributed by atoms with E-state index in [4.69, 9.17) is 9.16 Å². The highest BCUT2D eigenvalue weighted by atomic mass is 28.4. The smallest absolute Gasteiger partial charge is 0.323 e. The average molecular weight is 429 g/mol. The van der Waals surface area contributed by atoms with Crippen molar-refractivity contribution in [2.24, 2.45) is 0 Å². The van der Waals surface area contributed by atoms with Crippen LogP contribution in [0.3, 0.4) is 0 Å². The normalized spacial score (nSPS) is 12.8. The summed E-state index contributed by atoms with van der Waals surface area (Å²) in [5.41, 5.74) is 0. The predicted molar refractivity (Wildman–Crippen MR) is 120 cm³/mol. The fourth-order valence-corrected chi connectivity index (χ4v) is 7.87. The number of carbonyl (C=O) groups excluding carboxylic acids is 2.